The topological polar surface area (TPSA) is 81.6 Å². The first kappa shape index (κ1) is 11.6. The number of hydrogen-bond donors (Lipinski definition) is 4. The molecule has 0 spiro atoms. The molecule has 0 saturated carbocycles. The molecule has 5 heteroatoms. The van der Waals surface area contributed by atoms with Gasteiger partial charge in [-0.1, -0.05) is 24.3 Å². The Labute approximate surface area is 87.6 Å². The first-order valence-corrected chi connectivity index (χ1v) is 4.57. The highest BCUT2D eigenvalue weighted by atomic mass is 16.5. The van der Waals surface area contributed by atoms with Crippen LogP contribution in [0.1, 0.15) is 23.6 Å². The van der Waals surface area contributed by atoms with Gasteiger partial charge in [0.15, 0.2) is 0 Å². The Kier molecular flexibility index (Phi) is 4.23. The molecular weight excluding hydrogens is 196 g/mol. The van der Waals surface area contributed by atoms with Crippen molar-refractivity contribution in [3.05, 3.63) is 35.4 Å². The highest BCUT2D eigenvalue weighted by molar-refractivity contribution is 5.75. The number of aryl methyl sites for hydroxylation is 1. The summed E-state index contributed by atoms with van der Waals surface area (Å²) in [4.78, 5) is 11.0. The van der Waals surface area contributed by atoms with Gasteiger partial charge in [-0.05, 0) is 18.1 Å². The van der Waals surface area contributed by atoms with Gasteiger partial charge in [0.05, 0.1) is 12.5 Å². The van der Waals surface area contributed by atoms with Gasteiger partial charge in [0, 0.05) is 0 Å². The zero-order valence-corrected chi connectivity index (χ0v) is 8.40. The average Bonchev–Trinajstić information content (AvgIpc) is 2.26. The number of amides is 1. The number of benzene rings is 1. The number of carbonyl (C=O) groups excluding carboxylic acids is 1. The molecule has 1 aromatic rings. The van der Waals surface area contributed by atoms with Crippen molar-refractivity contribution in [2.45, 2.75) is 19.4 Å². The minimum Gasteiger partial charge on any atom is -0.316 e. The van der Waals surface area contributed by atoms with Crippen LogP contribution in [0.15, 0.2) is 24.3 Å². The maximum Gasteiger partial charge on any atom is 0.245 e. The molecule has 0 aliphatic heterocycles. The summed E-state index contributed by atoms with van der Waals surface area (Å²) >= 11 is 0. The van der Waals surface area contributed by atoms with Gasteiger partial charge in [0.1, 0.15) is 0 Å². The van der Waals surface area contributed by atoms with Gasteiger partial charge in [0.2, 0.25) is 5.91 Å². The van der Waals surface area contributed by atoms with Gasteiger partial charge in [-0.15, -0.1) is 0 Å². The Hall–Kier alpha value is -1.43. The molecule has 0 heterocycles. The molecule has 0 saturated heterocycles. The molecule has 1 unspecified atom stereocenters. The summed E-state index contributed by atoms with van der Waals surface area (Å²) in [7, 11) is 0. The minimum atomic E-state index is -0.551. The summed E-state index contributed by atoms with van der Waals surface area (Å²) < 4.78 is 0. The highest BCUT2D eigenvalue weighted by Gasteiger charge is 2.16. The summed E-state index contributed by atoms with van der Waals surface area (Å²) in [5.41, 5.74) is 5.37. The predicted molar refractivity (Wildman–Crippen MR) is 53.4 cm³/mol. The Morgan fingerprint density at radius 2 is 2.07 bits per heavy atom. The molecule has 0 radical (unpaired) electrons. The van der Waals surface area contributed by atoms with Gasteiger partial charge >= 0.3 is 0 Å². The molecule has 1 rings (SSSR count). The second-order valence-electron chi connectivity index (χ2n) is 3.28. The van der Waals surface area contributed by atoms with Crippen LogP contribution in [0.5, 0.6) is 0 Å². The fourth-order valence-corrected chi connectivity index (χ4v) is 1.43. The second-order valence-corrected chi connectivity index (χ2v) is 3.28. The lowest BCUT2D eigenvalue weighted by atomic mass is 9.99. The van der Waals surface area contributed by atoms with Crippen molar-refractivity contribution < 1.29 is 15.2 Å². The van der Waals surface area contributed by atoms with Crippen molar-refractivity contribution in [1.29, 1.82) is 0 Å². The molecule has 15 heavy (non-hydrogen) atoms. The van der Waals surface area contributed by atoms with E-state index in [1.165, 1.54) is 5.48 Å². The largest absolute Gasteiger partial charge is 0.316 e. The van der Waals surface area contributed by atoms with Gasteiger partial charge in [-0.25, -0.2) is 5.48 Å². The molecule has 1 atom stereocenters. The van der Waals surface area contributed by atoms with Crippen LogP contribution in [0.4, 0.5) is 0 Å². The van der Waals surface area contributed by atoms with Crippen LogP contribution < -0.4 is 11.0 Å². The van der Waals surface area contributed by atoms with Crippen LogP contribution in [-0.2, 0) is 4.79 Å². The molecule has 1 amide bonds. The molecular formula is C10H14N2O3. The standard InChI is InChI=1S/C10H14N2O3/c1-7-4-2-3-5-8(7)9(11-14)6-10(13)12-15/h2-5,9,11,14-15H,6H2,1H3,(H,12,13). The Bertz CT molecular complexity index is 341. The maximum absolute atomic E-state index is 11.0. The van der Waals surface area contributed by atoms with E-state index in [1.807, 2.05) is 31.2 Å². The smallest absolute Gasteiger partial charge is 0.245 e. The number of hydrogen-bond acceptors (Lipinski definition) is 4. The summed E-state index contributed by atoms with van der Waals surface area (Å²) in [5.74, 6) is -0.551. The lowest BCUT2D eigenvalue weighted by molar-refractivity contribution is -0.130. The third kappa shape index (κ3) is 3.02. The van der Waals surface area contributed by atoms with Crippen LogP contribution in [0, 0.1) is 6.92 Å². The number of hydroxylamine groups is 2. The van der Waals surface area contributed by atoms with E-state index in [9.17, 15) is 4.79 Å². The molecule has 0 aliphatic rings. The number of nitrogens with one attached hydrogen (secondary N) is 2. The summed E-state index contributed by atoms with van der Waals surface area (Å²) in [5, 5.41) is 17.3. The van der Waals surface area contributed by atoms with E-state index in [0.717, 1.165) is 11.1 Å². The zero-order chi connectivity index (χ0) is 11.3. The van der Waals surface area contributed by atoms with Gasteiger partial charge in [-0.2, -0.15) is 5.48 Å². The Balaban J connectivity index is 2.83. The van der Waals surface area contributed by atoms with E-state index in [2.05, 4.69) is 5.48 Å². The van der Waals surface area contributed by atoms with Crippen molar-refractivity contribution in [2.75, 3.05) is 0 Å². The van der Waals surface area contributed by atoms with Crippen molar-refractivity contribution in [1.82, 2.24) is 11.0 Å². The number of rotatable bonds is 4. The van der Waals surface area contributed by atoms with Gasteiger partial charge in [0.25, 0.3) is 0 Å². The van der Waals surface area contributed by atoms with Gasteiger partial charge < -0.3 is 5.21 Å². The zero-order valence-electron chi connectivity index (χ0n) is 8.40. The molecule has 1 aromatic carbocycles. The van der Waals surface area contributed by atoms with Crippen LogP contribution in [0.25, 0.3) is 0 Å². The summed E-state index contributed by atoms with van der Waals surface area (Å²) in [6.07, 6.45) is -0.0299. The van der Waals surface area contributed by atoms with E-state index in [1.54, 1.807) is 0 Å². The highest BCUT2D eigenvalue weighted by Crippen LogP contribution is 2.19. The van der Waals surface area contributed by atoms with Crippen LogP contribution in [0.2, 0.25) is 0 Å². The van der Waals surface area contributed by atoms with Crippen LogP contribution in [0.3, 0.4) is 0 Å². The van der Waals surface area contributed by atoms with E-state index < -0.39 is 11.9 Å². The van der Waals surface area contributed by atoms with E-state index in [-0.39, 0.29) is 6.42 Å². The van der Waals surface area contributed by atoms with E-state index in [0.29, 0.717) is 0 Å². The molecule has 0 bridgehead atoms. The Morgan fingerprint density at radius 1 is 1.40 bits per heavy atom. The third-order valence-electron chi connectivity index (χ3n) is 2.23. The van der Waals surface area contributed by atoms with E-state index >= 15 is 0 Å². The lowest BCUT2D eigenvalue weighted by Crippen LogP contribution is -2.27. The summed E-state index contributed by atoms with van der Waals surface area (Å²) in [6, 6.07) is 6.88. The van der Waals surface area contributed by atoms with Crippen molar-refractivity contribution in [2.24, 2.45) is 0 Å². The first-order chi connectivity index (χ1) is 7.19. The molecule has 4 N–H and O–H groups in total. The Morgan fingerprint density at radius 3 is 2.60 bits per heavy atom. The summed E-state index contributed by atoms with van der Waals surface area (Å²) in [6.45, 7) is 1.89. The van der Waals surface area contributed by atoms with Crippen molar-refractivity contribution in [3.63, 3.8) is 0 Å². The predicted octanol–water partition coefficient (Wildman–Crippen LogP) is 0.910. The van der Waals surface area contributed by atoms with E-state index in [4.69, 9.17) is 10.4 Å². The molecule has 0 aromatic heterocycles. The monoisotopic (exact) mass is 210 g/mol. The van der Waals surface area contributed by atoms with Crippen molar-refractivity contribution in [3.8, 4) is 0 Å². The lowest BCUT2D eigenvalue weighted by Gasteiger charge is -2.16. The maximum atomic E-state index is 11.0. The molecule has 0 aliphatic carbocycles. The van der Waals surface area contributed by atoms with Crippen LogP contribution in [-0.4, -0.2) is 16.3 Å². The fourth-order valence-electron chi connectivity index (χ4n) is 1.43. The van der Waals surface area contributed by atoms with Crippen LogP contribution >= 0.6 is 0 Å². The first-order valence-electron chi connectivity index (χ1n) is 4.57. The molecule has 0 fully saturated rings. The SMILES string of the molecule is Cc1ccccc1C(CC(=O)NO)NO. The second kappa shape index (κ2) is 5.45. The fraction of sp³-hybridized carbons (Fsp3) is 0.300. The van der Waals surface area contributed by atoms with Crippen molar-refractivity contribution >= 4 is 5.91 Å². The molecule has 5 nitrogen and oxygen atoms in total. The number of carbonyl (C=O) groups is 1. The normalized spacial score (nSPS) is 12.2. The third-order valence-corrected chi connectivity index (χ3v) is 2.23. The average molecular weight is 210 g/mol. The molecule has 82 valence electrons. The van der Waals surface area contributed by atoms with Gasteiger partial charge in [-0.3, -0.25) is 10.0 Å². The quantitative estimate of drug-likeness (QED) is 0.440. The minimum absolute atomic E-state index is 0.0299.